The number of thiophene rings is 1. The Kier molecular flexibility index (Phi) is 3.22. The average molecular weight is 268 g/mol. The molecule has 0 aliphatic heterocycles. The van der Waals surface area contributed by atoms with Crippen LogP contribution in [0.5, 0.6) is 0 Å². The van der Waals surface area contributed by atoms with Gasteiger partial charge in [-0.25, -0.2) is 4.98 Å². The van der Waals surface area contributed by atoms with Crippen LogP contribution in [0, 0.1) is 6.92 Å². The minimum Gasteiger partial charge on any atom is -0.384 e. The molecule has 0 spiro atoms. The summed E-state index contributed by atoms with van der Waals surface area (Å²) in [5.74, 6) is 0. The van der Waals surface area contributed by atoms with E-state index in [0.717, 1.165) is 17.8 Å². The van der Waals surface area contributed by atoms with E-state index in [0.29, 0.717) is 0 Å². The average Bonchev–Trinajstić information content (AvgIpc) is 2.91. The molecule has 0 fully saturated rings. The minimum absolute atomic E-state index is 0.923. The molecule has 2 heterocycles. The molecule has 0 aliphatic rings. The molecule has 0 saturated heterocycles. The van der Waals surface area contributed by atoms with Crippen molar-refractivity contribution in [2.45, 2.75) is 13.8 Å². The van der Waals surface area contributed by atoms with Crippen LogP contribution in [-0.4, -0.2) is 11.5 Å². The quantitative estimate of drug-likeness (QED) is 0.744. The fourth-order valence-corrected chi connectivity index (χ4v) is 3.25. The summed E-state index contributed by atoms with van der Waals surface area (Å²) in [5.41, 5.74) is 5.77. The Hall–Kier alpha value is -1.87. The van der Waals surface area contributed by atoms with E-state index in [9.17, 15) is 0 Å². The molecule has 3 aromatic rings. The van der Waals surface area contributed by atoms with Gasteiger partial charge in [0.25, 0.3) is 0 Å². The molecule has 1 aromatic carbocycles. The molecule has 2 aromatic heterocycles. The highest BCUT2D eigenvalue weighted by Crippen LogP contribution is 2.35. The third-order valence-electron chi connectivity index (χ3n) is 3.23. The van der Waals surface area contributed by atoms with E-state index in [-0.39, 0.29) is 0 Å². The summed E-state index contributed by atoms with van der Waals surface area (Å²) in [4.78, 5) is 4.82. The Labute approximate surface area is 117 Å². The topological polar surface area (TPSA) is 24.9 Å². The molecule has 19 heavy (non-hydrogen) atoms. The number of hydrogen-bond donors (Lipinski definition) is 1. The van der Waals surface area contributed by atoms with Crippen molar-refractivity contribution in [2.24, 2.45) is 0 Å². The summed E-state index contributed by atoms with van der Waals surface area (Å²) < 4.78 is 1.25. The van der Waals surface area contributed by atoms with E-state index in [1.54, 1.807) is 11.3 Å². The number of fused-ring (bicyclic) bond motifs is 1. The summed E-state index contributed by atoms with van der Waals surface area (Å²) >= 11 is 1.75. The van der Waals surface area contributed by atoms with Crippen molar-refractivity contribution < 1.29 is 0 Å². The van der Waals surface area contributed by atoms with Crippen LogP contribution in [0.4, 0.5) is 5.69 Å². The second-order valence-corrected chi connectivity index (χ2v) is 5.41. The van der Waals surface area contributed by atoms with Gasteiger partial charge in [0.05, 0.1) is 21.6 Å². The van der Waals surface area contributed by atoms with Gasteiger partial charge in [-0.05, 0) is 30.9 Å². The van der Waals surface area contributed by atoms with Crippen molar-refractivity contribution in [2.75, 3.05) is 11.9 Å². The largest absolute Gasteiger partial charge is 0.384 e. The molecular formula is C16H16N2S. The first-order chi connectivity index (χ1) is 9.31. The van der Waals surface area contributed by atoms with Crippen molar-refractivity contribution >= 4 is 27.2 Å². The minimum atomic E-state index is 0.923. The van der Waals surface area contributed by atoms with Crippen LogP contribution >= 0.6 is 11.3 Å². The van der Waals surface area contributed by atoms with Gasteiger partial charge in [0.1, 0.15) is 0 Å². The zero-order valence-electron chi connectivity index (χ0n) is 11.1. The zero-order valence-corrected chi connectivity index (χ0v) is 11.9. The summed E-state index contributed by atoms with van der Waals surface area (Å²) in [7, 11) is 0. The first-order valence-electron chi connectivity index (χ1n) is 6.48. The molecule has 3 heteroatoms. The van der Waals surface area contributed by atoms with E-state index < -0.39 is 0 Å². The number of anilines is 1. The molecule has 3 rings (SSSR count). The summed E-state index contributed by atoms with van der Waals surface area (Å²) in [6.45, 7) is 5.19. The monoisotopic (exact) mass is 268 g/mol. The molecule has 0 saturated carbocycles. The van der Waals surface area contributed by atoms with Gasteiger partial charge in [-0.2, -0.15) is 0 Å². The van der Waals surface area contributed by atoms with E-state index in [1.165, 1.54) is 21.5 Å². The smallest absolute Gasteiger partial charge is 0.0838 e. The third-order valence-corrected chi connectivity index (χ3v) is 4.16. The van der Waals surface area contributed by atoms with Gasteiger partial charge in [-0.1, -0.05) is 30.3 Å². The third kappa shape index (κ3) is 2.10. The molecule has 2 nitrogen and oxygen atoms in total. The summed E-state index contributed by atoms with van der Waals surface area (Å²) in [6, 6.07) is 12.5. The fourth-order valence-electron chi connectivity index (χ4n) is 2.34. The van der Waals surface area contributed by atoms with Gasteiger partial charge in [0, 0.05) is 12.1 Å². The Balaban J connectivity index is 2.28. The Morgan fingerprint density at radius 1 is 1.16 bits per heavy atom. The fraction of sp³-hybridized carbons (Fsp3) is 0.188. The van der Waals surface area contributed by atoms with Crippen molar-refractivity contribution in [3.05, 3.63) is 47.3 Å². The molecule has 0 bridgehead atoms. The van der Waals surface area contributed by atoms with Crippen LogP contribution < -0.4 is 5.32 Å². The van der Waals surface area contributed by atoms with Gasteiger partial charge in [0.2, 0.25) is 0 Å². The number of rotatable bonds is 3. The Bertz CT molecular complexity index is 701. The molecule has 1 N–H and O–H groups in total. The van der Waals surface area contributed by atoms with Crippen LogP contribution in [0.3, 0.4) is 0 Å². The number of benzene rings is 1. The van der Waals surface area contributed by atoms with Crippen molar-refractivity contribution in [3.63, 3.8) is 0 Å². The SMILES string of the molecule is CCNc1c(C)c(-c2ccccc2)nc2ccsc12. The van der Waals surface area contributed by atoms with Gasteiger partial charge in [-0.3, -0.25) is 0 Å². The predicted octanol–water partition coefficient (Wildman–Crippen LogP) is 4.70. The lowest BCUT2D eigenvalue weighted by Crippen LogP contribution is -2.01. The Morgan fingerprint density at radius 2 is 1.95 bits per heavy atom. The number of nitrogens with zero attached hydrogens (tertiary/aromatic N) is 1. The molecule has 96 valence electrons. The molecule has 0 radical (unpaired) electrons. The van der Waals surface area contributed by atoms with E-state index in [4.69, 9.17) is 4.98 Å². The number of hydrogen-bond acceptors (Lipinski definition) is 3. The normalized spacial score (nSPS) is 10.8. The van der Waals surface area contributed by atoms with Crippen molar-refractivity contribution in [3.8, 4) is 11.3 Å². The molecule has 0 unspecified atom stereocenters. The maximum Gasteiger partial charge on any atom is 0.0838 e. The van der Waals surface area contributed by atoms with Crippen molar-refractivity contribution in [1.82, 2.24) is 4.98 Å². The van der Waals surface area contributed by atoms with E-state index in [1.807, 2.05) is 6.07 Å². The van der Waals surface area contributed by atoms with Gasteiger partial charge in [-0.15, -0.1) is 11.3 Å². The van der Waals surface area contributed by atoms with Gasteiger partial charge >= 0.3 is 0 Å². The first kappa shape index (κ1) is 12.2. The van der Waals surface area contributed by atoms with Crippen molar-refractivity contribution in [1.29, 1.82) is 0 Å². The number of aromatic nitrogens is 1. The van der Waals surface area contributed by atoms with Crippen LogP contribution in [0.25, 0.3) is 21.5 Å². The van der Waals surface area contributed by atoms with Gasteiger partial charge < -0.3 is 5.32 Å². The maximum absolute atomic E-state index is 4.82. The summed E-state index contributed by atoms with van der Waals surface area (Å²) in [6.07, 6.45) is 0. The predicted molar refractivity (Wildman–Crippen MR) is 84.0 cm³/mol. The number of nitrogens with one attached hydrogen (secondary N) is 1. The Morgan fingerprint density at radius 3 is 2.68 bits per heavy atom. The highest BCUT2D eigenvalue weighted by Gasteiger charge is 2.13. The lowest BCUT2D eigenvalue weighted by Gasteiger charge is -2.13. The van der Waals surface area contributed by atoms with E-state index in [2.05, 4.69) is 54.9 Å². The second-order valence-electron chi connectivity index (χ2n) is 4.49. The lowest BCUT2D eigenvalue weighted by molar-refractivity contribution is 1.20. The number of pyridine rings is 1. The standard InChI is InChI=1S/C16H16N2S/c1-3-17-15-11(2)14(12-7-5-4-6-8-12)18-13-9-10-19-16(13)15/h4-10H,3H2,1-2H3,(H,17,18). The maximum atomic E-state index is 4.82. The van der Waals surface area contributed by atoms with E-state index >= 15 is 0 Å². The van der Waals surface area contributed by atoms with Crippen LogP contribution in [0.1, 0.15) is 12.5 Å². The lowest BCUT2D eigenvalue weighted by atomic mass is 10.0. The molecule has 0 aliphatic carbocycles. The second kappa shape index (κ2) is 5.02. The van der Waals surface area contributed by atoms with Crippen LogP contribution in [-0.2, 0) is 0 Å². The summed E-state index contributed by atoms with van der Waals surface area (Å²) in [5, 5.41) is 5.59. The van der Waals surface area contributed by atoms with Crippen LogP contribution in [0.15, 0.2) is 41.8 Å². The molecule has 0 atom stereocenters. The molecule has 0 amide bonds. The van der Waals surface area contributed by atoms with Crippen LogP contribution in [0.2, 0.25) is 0 Å². The first-order valence-corrected chi connectivity index (χ1v) is 7.36. The zero-order chi connectivity index (χ0) is 13.2. The van der Waals surface area contributed by atoms with Gasteiger partial charge in [0.15, 0.2) is 0 Å². The molecular weight excluding hydrogens is 252 g/mol. The highest BCUT2D eigenvalue weighted by atomic mass is 32.1. The highest BCUT2D eigenvalue weighted by molar-refractivity contribution is 7.17.